The summed E-state index contributed by atoms with van der Waals surface area (Å²) in [5, 5.41) is 4.24. The normalized spacial score (nSPS) is 18.3. The number of anilines is 1. The molecule has 2 atom stereocenters. The number of pyridine rings is 1. The highest BCUT2D eigenvalue weighted by Crippen LogP contribution is 2.42. The molecule has 6 heteroatoms. The molecule has 1 aliphatic rings. The van der Waals surface area contributed by atoms with Gasteiger partial charge in [0, 0.05) is 33.4 Å². The van der Waals surface area contributed by atoms with Crippen LogP contribution >= 0.6 is 28.1 Å². The maximum atomic E-state index is 5.84. The second kappa shape index (κ2) is 8.29. The largest absolute Gasteiger partial charge is 0.351 e. The number of nitrogens with zero attached hydrogens (tertiary/aromatic N) is 3. The number of rotatable bonds is 4. The smallest absolute Gasteiger partial charge is 0.174 e. The minimum absolute atomic E-state index is 0.0579. The molecular formula is C25H21BrN4S. The minimum Gasteiger partial charge on any atom is -0.351 e. The van der Waals surface area contributed by atoms with Gasteiger partial charge in [-0.05, 0) is 79.8 Å². The van der Waals surface area contributed by atoms with Gasteiger partial charge in [-0.25, -0.2) is 0 Å². The maximum absolute atomic E-state index is 5.84. The van der Waals surface area contributed by atoms with E-state index in [9.17, 15) is 0 Å². The number of hydrogen-bond donors (Lipinski definition) is 1. The highest BCUT2D eigenvalue weighted by Gasteiger charge is 2.42. The number of halogens is 1. The van der Waals surface area contributed by atoms with Crippen molar-refractivity contribution in [1.82, 2.24) is 14.9 Å². The second-order valence-corrected chi connectivity index (χ2v) is 8.85. The predicted octanol–water partition coefficient (Wildman–Crippen LogP) is 6.12. The van der Waals surface area contributed by atoms with Crippen LogP contribution in [0.5, 0.6) is 0 Å². The average molecular weight is 489 g/mol. The molecule has 0 spiro atoms. The molecule has 0 bridgehead atoms. The third-order valence-corrected chi connectivity index (χ3v) is 6.47. The molecule has 1 N–H and O–H groups in total. The zero-order chi connectivity index (χ0) is 21.4. The molecular weight excluding hydrogens is 468 g/mol. The molecule has 1 saturated heterocycles. The fraction of sp³-hybridized carbons (Fsp3) is 0.120. The van der Waals surface area contributed by atoms with E-state index in [2.05, 4.69) is 97.2 Å². The lowest BCUT2D eigenvalue weighted by Gasteiger charge is -2.29. The van der Waals surface area contributed by atoms with E-state index in [0.29, 0.717) is 5.11 Å². The first-order valence-corrected chi connectivity index (χ1v) is 11.3. The fourth-order valence-electron chi connectivity index (χ4n) is 4.25. The Labute approximate surface area is 195 Å². The standard InChI is InChI=1S/C25H21BrN4S/c1-17-10-15-22(29(17)19-7-3-2-4-8-19)24-23(21-9-5-6-16-27-21)28-25(31)30(24)20-13-11-18(26)12-14-20/h2-16,23-24H,1H3,(H,28,31)/t23-,24+/m0/s1. The van der Waals surface area contributed by atoms with Crippen molar-refractivity contribution in [2.45, 2.75) is 19.0 Å². The van der Waals surface area contributed by atoms with Gasteiger partial charge in [0.05, 0.1) is 11.7 Å². The average Bonchev–Trinajstić information content (AvgIpc) is 3.35. The molecule has 5 rings (SSSR count). The summed E-state index contributed by atoms with van der Waals surface area (Å²) in [7, 11) is 0. The molecule has 2 aromatic heterocycles. The van der Waals surface area contributed by atoms with E-state index in [1.54, 1.807) is 0 Å². The lowest BCUT2D eigenvalue weighted by atomic mass is 10.0. The number of hydrogen-bond acceptors (Lipinski definition) is 2. The van der Waals surface area contributed by atoms with Gasteiger partial charge in [-0.1, -0.05) is 40.2 Å². The van der Waals surface area contributed by atoms with Crippen LogP contribution in [0.1, 0.15) is 29.2 Å². The van der Waals surface area contributed by atoms with E-state index in [1.165, 1.54) is 5.69 Å². The van der Waals surface area contributed by atoms with E-state index >= 15 is 0 Å². The van der Waals surface area contributed by atoms with Gasteiger partial charge in [-0.2, -0.15) is 0 Å². The first kappa shape index (κ1) is 20.0. The molecule has 1 aliphatic heterocycles. The molecule has 0 amide bonds. The van der Waals surface area contributed by atoms with Crippen molar-refractivity contribution in [2.75, 3.05) is 4.90 Å². The van der Waals surface area contributed by atoms with Gasteiger partial charge in [0.2, 0.25) is 0 Å². The summed E-state index contributed by atoms with van der Waals surface area (Å²) in [6.07, 6.45) is 1.83. The van der Waals surface area contributed by atoms with E-state index < -0.39 is 0 Å². The highest BCUT2D eigenvalue weighted by atomic mass is 79.9. The zero-order valence-electron chi connectivity index (χ0n) is 16.9. The first-order valence-electron chi connectivity index (χ1n) is 10.1. The summed E-state index contributed by atoms with van der Waals surface area (Å²) < 4.78 is 3.35. The summed E-state index contributed by atoms with van der Waals surface area (Å²) in [5.41, 5.74) is 5.48. The third-order valence-electron chi connectivity index (χ3n) is 5.63. The van der Waals surface area contributed by atoms with Crippen molar-refractivity contribution in [3.63, 3.8) is 0 Å². The Morgan fingerprint density at radius 2 is 1.61 bits per heavy atom. The molecule has 154 valence electrons. The number of aryl methyl sites for hydroxylation is 1. The molecule has 1 fully saturated rings. The van der Waals surface area contributed by atoms with Crippen molar-refractivity contribution < 1.29 is 0 Å². The first-order chi connectivity index (χ1) is 15.1. The summed E-state index contributed by atoms with van der Waals surface area (Å²) in [6.45, 7) is 2.14. The van der Waals surface area contributed by atoms with E-state index in [0.717, 1.165) is 27.2 Å². The van der Waals surface area contributed by atoms with Gasteiger partial charge in [0.25, 0.3) is 0 Å². The Morgan fingerprint density at radius 3 is 2.32 bits per heavy atom. The number of aromatic nitrogens is 2. The lowest BCUT2D eigenvalue weighted by molar-refractivity contribution is 0.548. The Bertz CT molecular complexity index is 1210. The molecule has 4 nitrogen and oxygen atoms in total. The Kier molecular flexibility index (Phi) is 5.34. The molecule has 2 aromatic carbocycles. The van der Waals surface area contributed by atoms with Gasteiger partial charge in [0.1, 0.15) is 6.04 Å². The van der Waals surface area contributed by atoms with Crippen molar-refractivity contribution in [2.24, 2.45) is 0 Å². The number of benzene rings is 2. The van der Waals surface area contributed by atoms with Gasteiger partial charge < -0.3 is 14.8 Å². The topological polar surface area (TPSA) is 33.1 Å². The van der Waals surface area contributed by atoms with Crippen LogP contribution in [-0.2, 0) is 0 Å². The van der Waals surface area contributed by atoms with Gasteiger partial charge >= 0.3 is 0 Å². The monoisotopic (exact) mass is 488 g/mol. The molecule has 31 heavy (non-hydrogen) atoms. The van der Waals surface area contributed by atoms with Crippen molar-refractivity contribution >= 4 is 38.9 Å². The van der Waals surface area contributed by atoms with Crippen molar-refractivity contribution in [3.05, 3.63) is 113 Å². The van der Waals surface area contributed by atoms with Crippen LogP contribution in [-0.4, -0.2) is 14.7 Å². The zero-order valence-corrected chi connectivity index (χ0v) is 19.3. The Hall–Kier alpha value is -2.96. The van der Waals surface area contributed by atoms with Crippen LogP contribution in [0.25, 0.3) is 5.69 Å². The van der Waals surface area contributed by atoms with Crippen LogP contribution in [0.15, 0.2) is 95.6 Å². The second-order valence-electron chi connectivity index (χ2n) is 7.54. The number of thiocarbonyl (C=S) groups is 1. The predicted molar refractivity (Wildman–Crippen MR) is 133 cm³/mol. The third kappa shape index (κ3) is 3.66. The van der Waals surface area contributed by atoms with Gasteiger partial charge in [-0.15, -0.1) is 0 Å². The maximum Gasteiger partial charge on any atom is 0.174 e. The van der Waals surface area contributed by atoms with Crippen molar-refractivity contribution in [1.29, 1.82) is 0 Å². The Balaban J connectivity index is 1.70. The molecule has 0 radical (unpaired) electrons. The molecule has 0 saturated carbocycles. The molecule has 0 aliphatic carbocycles. The SMILES string of the molecule is Cc1ccc([C@@H]2[C@H](c3ccccn3)NC(=S)N2c2ccc(Br)cc2)n1-c1ccccc1. The summed E-state index contributed by atoms with van der Waals surface area (Å²) in [4.78, 5) is 6.86. The fourth-order valence-corrected chi connectivity index (χ4v) is 4.86. The summed E-state index contributed by atoms with van der Waals surface area (Å²) >= 11 is 9.38. The van der Waals surface area contributed by atoms with E-state index in [-0.39, 0.29) is 12.1 Å². The van der Waals surface area contributed by atoms with Crippen LogP contribution in [0, 0.1) is 6.92 Å². The minimum atomic E-state index is -0.0749. The quantitative estimate of drug-likeness (QED) is 0.350. The van der Waals surface area contributed by atoms with Crippen molar-refractivity contribution in [3.8, 4) is 5.69 Å². The van der Waals surface area contributed by atoms with Gasteiger partial charge in [0.15, 0.2) is 5.11 Å². The summed E-state index contributed by atoms with van der Waals surface area (Å²) in [6, 6.07) is 29.0. The van der Waals surface area contributed by atoms with E-state index in [4.69, 9.17) is 12.2 Å². The molecule has 3 heterocycles. The highest BCUT2D eigenvalue weighted by molar-refractivity contribution is 9.10. The van der Waals surface area contributed by atoms with Crippen LogP contribution in [0.3, 0.4) is 0 Å². The molecule has 4 aromatic rings. The number of para-hydroxylation sites is 1. The van der Waals surface area contributed by atoms with Crippen LogP contribution < -0.4 is 10.2 Å². The van der Waals surface area contributed by atoms with Crippen LogP contribution in [0.2, 0.25) is 0 Å². The Morgan fingerprint density at radius 1 is 0.871 bits per heavy atom. The molecule has 0 unspecified atom stereocenters. The number of nitrogens with one attached hydrogen (secondary N) is 1. The van der Waals surface area contributed by atoms with Gasteiger partial charge in [-0.3, -0.25) is 4.98 Å². The summed E-state index contributed by atoms with van der Waals surface area (Å²) in [5.74, 6) is 0. The van der Waals surface area contributed by atoms with Crippen LogP contribution in [0.4, 0.5) is 5.69 Å². The lowest BCUT2D eigenvalue weighted by Crippen LogP contribution is -2.30. The van der Waals surface area contributed by atoms with E-state index in [1.807, 2.05) is 36.5 Å².